The molecule has 0 saturated heterocycles. The summed E-state index contributed by atoms with van der Waals surface area (Å²) in [5, 5.41) is 14.9. The fraction of sp³-hybridized carbons (Fsp3) is 0.182. The number of nitrogens with one attached hydrogen (secondary N) is 2. The molecule has 0 aliphatic heterocycles. The summed E-state index contributed by atoms with van der Waals surface area (Å²) < 4.78 is 22.9. The lowest BCUT2D eigenvalue weighted by Gasteiger charge is -2.13. The number of aromatic amines is 1. The molecule has 2 rings (SSSR count). The first-order chi connectivity index (χ1) is 8.88. The third kappa shape index (κ3) is 3.04. The molecule has 0 aliphatic rings. The molecule has 8 heteroatoms. The molecule has 0 atom stereocenters. The third-order valence-electron chi connectivity index (χ3n) is 2.72. The number of aromatic nitrogens is 2. The first-order valence-corrected chi connectivity index (χ1v) is 7.07. The molecule has 0 fully saturated rings. The van der Waals surface area contributed by atoms with Crippen LogP contribution in [-0.2, 0) is 16.6 Å². The van der Waals surface area contributed by atoms with Crippen LogP contribution in [0.2, 0.25) is 0 Å². The number of rotatable bonds is 4. The van der Waals surface area contributed by atoms with Crippen LogP contribution in [0.5, 0.6) is 0 Å². The maximum atomic E-state index is 11.5. The maximum absolute atomic E-state index is 11.5. The van der Waals surface area contributed by atoms with Crippen LogP contribution in [0.15, 0.2) is 29.3 Å². The van der Waals surface area contributed by atoms with Gasteiger partial charge in [-0.2, -0.15) is 5.10 Å². The highest BCUT2D eigenvalue weighted by Gasteiger charge is 2.15. The molecule has 102 valence electrons. The van der Waals surface area contributed by atoms with E-state index in [4.69, 9.17) is 10.9 Å². The Morgan fingerprint density at radius 3 is 2.74 bits per heavy atom. The van der Waals surface area contributed by atoms with Gasteiger partial charge in [0.05, 0.1) is 17.1 Å². The van der Waals surface area contributed by atoms with E-state index in [0.717, 1.165) is 5.69 Å². The standard InChI is InChI=1S/C11H15N5O2S/c1-7-10(14-6-9-2-3-15-16-9)4-8(12)5-11(7)19(13,17)18/h2-5,14H,6,12H2,1H3,(H,15,16)(H2,13,17,18). The molecule has 2 aromatic rings. The Bertz CT molecular complexity index is 679. The number of nitrogens with two attached hydrogens (primary N) is 2. The van der Waals surface area contributed by atoms with E-state index in [0.29, 0.717) is 23.5 Å². The van der Waals surface area contributed by atoms with Crippen molar-refractivity contribution in [2.45, 2.75) is 18.4 Å². The van der Waals surface area contributed by atoms with Crippen molar-refractivity contribution in [3.05, 3.63) is 35.7 Å². The Morgan fingerprint density at radius 1 is 1.42 bits per heavy atom. The summed E-state index contributed by atoms with van der Waals surface area (Å²) >= 11 is 0. The summed E-state index contributed by atoms with van der Waals surface area (Å²) in [6, 6.07) is 4.83. The number of hydrogen-bond donors (Lipinski definition) is 4. The lowest BCUT2D eigenvalue weighted by molar-refractivity contribution is 0.597. The van der Waals surface area contributed by atoms with Crippen LogP contribution in [0, 0.1) is 6.92 Å². The highest BCUT2D eigenvalue weighted by Crippen LogP contribution is 2.26. The average Bonchev–Trinajstić information content (AvgIpc) is 2.81. The summed E-state index contributed by atoms with van der Waals surface area (Å²) in [6.45, 7) is 2.16. The minimum Gasteiger partial charge on any atom is -0.399 e. The molecule has 1 aromatic carbocycles. The van der Waals surface area contributed by atoms with Crippen molar-refractivity contribution >= 4 is 21.4 Å². The average molecular weight is 281 g/mol. The van der Waals surface area contributed by atoms with Crippen molar-refractivity contribution in [2.75, 3.05) is 11.1 Å². The fourth-order valence-electron chi connectivity index (χ4n) is 1.76. The SMILES string of the molecule is Cc1c(NCc2ccn[nH]2)cc(N)cc1S(N)(=O)=O. The van der Waals surface area contributed by atoms with E-state index in [2.05, 4.69) is 15.5 Å². The predicted molar refractivity (Wildman–Crippen MR) is 72.9 cm³/mol. The van der Waals surface area contributed by atoms with Crippen molar-refractivity contribution in [1.29, 1.82) is 0 Å². The quantitative estimate of drug-likeness (QED) is 0.609. The maximum Gasteiger partial charge on any atom is 0.238 e. The monoisotopic (exact) mass is 281 g/mol. The van der Waals surface area contributed by atoms with Gasteiger partial charge in [0.25, 0.3) is 0 Å². The molecular weight excluding hydrogens is 266 g/mol. The van der Waals surface area contributed by atoms with E-state index in [1.165, 1.54) is 6.07 Å². The molecule has 0 radical (unpaired) electrons. The molecule has 19 heavy (non-hydrogen) atoms. The van der Waals surface area contributed by atoms with Crippen molar-refractivity contribution in [1.82, 2.24) is 10.2 Å². The second-order valence-electron chi connectivity index (χ2n) is 4.17. The summed E-state index contributed by atoms with van der Waals surface area (Å²) in [5.74, 6) is 0. The smallest absolute Gasteiger partial charge is 0.238 e. The van der Waals surface area contributed by atoms with Gasteiger partial charge >= 0.3 is 0 Å². The number of nitrogens with zero attached hydrogens (tertiary/aromatic N) is 1. The van der Waals surface area contributed by atoms with Crippen molar-refractivity contribution in [3.63, 3.8) is 0 Å². The highest BCUT2D eigenvalue weighted by atomic mass is 32.2. The first kappa shape index (κ1) is 13.4. The van der Waals surface area contributed by atoms with E-state index >= 15 is 0 Å². The topological polar surface area (TPSA) is 127 Å². The van der Waals surface area contributed by atoms with E-state index in [-0.39, 0.29) is 4.90 Å². The fourth-order valence-corrected chi connectivity index (χ4v) is 2.60. The Labute approximate surface area is 111 Å². The molecule has 0 unspecified atom stereocenters. The zero-order chi connectivity index (χ0) is 14.0. The van der Waals surface area contributed by atoms with Crippen molar-refractivity contribution < 1.29 is 8.42 Å². The van der Waals surface area contributed by atoms with Gasteiger partial charge in [0.2, 0.25) is 10.0 Å². The van der Waals surface area contributed by atoms with Gasteiger partial charge in [-0.1, -0.05) is 0 Å². The molecule has 1 heterocycles. The van der Waals surface area contributed by atoms with E-state index in [1.54, 1.807) is 19.2 Å². The lowest BCUT2D eigenvalue weighted by Crippen LogP contribution is -2.15. The number of primary sulfonamides is 1. The number of H-pyrrole nitrogens is 1. The van der Waals surface area contributed by atoms with Crippen molar-refractivity contribution in [3.8, 4) is 0 Å². The van der Waals surface area contributed by atoms with Crippen LogP contribution in [0.3, 0.4) is 0 Å². The van der Waals surface area contributed by atoms with Crippen LogP contribution in [0.25, 0.3) is 0 Å². The summed E-state index contributed by atoms with van der Waals surface area (Å²) in [6.07, 6.45) is 1.64. The summed E-state index contributed by atoms with van der Waals surface area (Å²) in [5.41, 5.74) is 8.06. The molecule has 6 N–H and O–H groups in total. The Morgan fingerprint density at radius 2 is 2.16 bits per heavy atom. The first-order valence-electron chi connectivity index (χ1n) is 5.53. The van der Waals surface area contributed by atoms with Gasteiger partial charge in [-0.3, -0.25) is 5.10 Å². The Kier molecular flexibility index (Phi) is 3.45. The summed E-state index contributed by atoms with van der Waals surface area (Å²) in [4.78, 5) is 0.0274. The molecular formula is C11H15N5O2S. The zero-order valence-corrected chi connectivity index (χ0v) is 11.2. The highest BCUT2D eigenvalue weighted by molar-refractivity contribution is 7.89. The molecule has 0 bridgehead atoms. The van der Waals surface area contributed by atoms with Crippen LogP contribution in [0.4, 0.5) is 11.4 Å². The predicted octanol–water partition coefficient (Wildman–Crippen LogP) is 0.560. The molecule has 0 spiro atoms. The van der Waals surface area contributed by atoms with Gasteiger partial charge in [-0.25, -0.2) is 13.6 Å². The van der Waals surface area contributed by atoms with Crippen molar-refractivity contribution in [2.24, 2.45) is 5.14 Å². The lowest BCUT2D eigenvalue weighted by atomic mass is 10.1. The molecule has 0 amide bonds. The van der Waals surface area contributed by atoms with Crippen LogP contribution >= 0.6 is 0 Å². The van der Waals surface area contributed by atoms with Crippen LogP contribution in [0.1, 0.15) is 11.3 Å². The number of hydrogen-bond acceptors (Lipinski definition) is 5. The zero-order valence-electron chi connectivity index (χ0n) is 10.3. The number of nitrogen functional groups attached to an aromatic ring is 1. The van der Waals surface area contributed by atoms with Gasteiger partial charge in [-0.05, 0) is 30.7 Å². The molecule has 0 aliphatic carbocycles. The van der Waals surface area contributed by atoms with E-state index in [1.807, 2.05) is 6.07 Å². The number of anilines is 2. The van der Waals surface area contributed by atoms with E-state index in [9.17, 15) is 8.42 Å². The number of benzene rings is 1. The largest absolute Gasteiger partial charge is 0.399 e. The second-order valence-corrected chi connectivity index (χ2v) is 5.70. The Hall–Kier alpha value is -2.06. The minimum absolute atomic E-state index is 0.0274. The van der Waals surface area contributed by atoms with Gasteiger partial charge in [0.15, 0.2) is 0 Å². The van der Waals surface area contributed by atoms with Gasteiger partial charge in [0, 0.05) is 17.6 Å². The second kappa shape index (κ2) is 4.90. The van der Waals surface area contributed by atoms with Crippen LogP contribution in [-0.4, -0.2) is 18.6 Å². The Balaban J connectivity index is 2.33. The number of sulfonamides is 1. The van der Waals surface area contributed by atoms with Gasteiger partial charge in [0.1, 0.15) is 0 Å². The third-order valence-corrected chi connectivity index (χ3v) is 3.75. The van der Waals surface area contributed by atoms with Gasteiger partial charge < -0.3 is 11.1 Å². The molecule has 0 saturated carbocycles. The molecule has 7 nitrogen and oxygen atoms in total. The molecule has 1 aromatic heterocycles. The minimum atomic E-state index is -3.79. The van der Waals surface area contributed by atoms with Crippen LogP contribution < -0.4 is 16.2 Å². The van der Waals surface area contributed by atoms with Gasteiger partial charge in [-0.15, -0.1) is 0 Å². The normalized spacial score (nSPS) is 11.5. The summed E-state index contributed by atoms with van der Waals surface area (Å²) in [7, 11) is -3.79. The van der Waals surface area contributed by atoms with E-state index < -0.39 is 10.0 Å².